The summed E-state index contributed by atoms with van der Waals surface area (Å²) >= 11 is 0. The zero-order chi connectivity index (χ0) is 20.1. The molecule has 148 valence electrons. The normalized spacial score (nSPS) is 20.4. The highest BCUT2D eigenvalue weighted by Crippen LogP contribution is 2.36. The molecule has 2 atom stereocenters. The Labute approximate surface area is 165 Å². The van der Waals surface area contributed by atoms with Gasteiger partial charge in [-0.05, 0) is 37.3 Å². The number of aryl methyl sites for hydroxylation is 1. The molecule has 0 aliphatic carbocycles. The Morgan fingerprint density at radius 2 is 1.93 bits per heavy atom. The highest BCUT2D eigenvalue weighted by molar-refractivity contribution is 5.95. The minimum absolute atomic E-state index is 0.0128. The van der Waals surface area contributed by atoms with Crippen molar-refractivity contribution < 1.29 is 18.3 Å². The van der Waals surface area contributed by atoms with Crippen LogP contribution in [-0.2, 0) is 11.3 Å². The molecule has 5 rings (SSSR count). The van der Waals surface area contributed by atoms with Crippen molar-refractivity contribution in [2.45, 2.75) is 25.6 Å². The Morgan fingerprint density at radius 1 is 1.14 bits per heavy atom. The molecule has 29 heavy (non-hydrogen) atoms. The fraction of sp³-hybridized carbons (Fsp3) is 0.300. The number of fused-ring (bicyclic) bond motifs is 4. The number of ether oxygens (including phenoxy) is 1. The average molecular weight is 397 g/mol. The van der Waals surface area contributed by atoms with Crippen LogP contribution >= 0.6 is 0 Å². The number of amides is 1. The molecule has 2 bridgehead atoms. The molecule has 2 aromatic heterocycles. The van der Waals surface area contributed by atoms with E-state index in [0.717, 1.165) is 5.56 Å². The SMILES string of the molecule is Cc1nccc(C(=O)N2[C@H]3COC[C@@H]2c2nnc(-c4ccc(F)cc4)n2C3)c1F. The second-order valence-corrected chi connectivity index (χ2v) is 7.18. The quantitative estimate of drug-likeness (QED) is 0.665. The van der Waals surface area contributed by atoms with Crippen molar-refractivity contribution in [1.82, 2.24) is 24.6 Å². The van der Waals surface area contributed by atoms with Crippen molar-refractivity contribution in [3.63, 3.8) is 0 Å². The predicted molar refractivity (Wildman–Crippen MR) is 97.9 cm³/mol. The van der Waals surface area contributed by atoms with Gasteiger partial charge in [0, 0.05) is 18.3 Å². The zero-order valence-corrected chi connectivity index (χ0v) is 15.5. The van der Waals surface area contributed by atoms with Gasteiger partial charge in [-0.2, -0.15) is 0 Å². The molecule has 1 fully saturated rings. The van der Waals surface area contributed by atoms with Gasteiger partial charge in [0.15, 0.2) is 17.5 Å². The van der Waals surface area contributed by atoms with Gasteiger partial charge in [-0.15, -0.1) is 10.2 Å². The Bertz CT molecular complexity index is 1100. The summed E-state index contributed by atoms with van der Waals surface area (Å²) in [4.78, 5) is 18.7. The monoisotopic (exact) mass is 397 g/mol. The lowest BCUT2D eigenvalue weighted by Gasteiger charge is -2.45. The molecular formula is C20H17F2N5O2. The van der Waals surface area contributed by atoms with Crippen LogP contribution in [0.4, 0.5) is 8.78 Å². The fourth-order valence-corrected chi connectivity index (χ4v) is 4.00. The van der Waals surface area contributed by atoms with E-state index < -0.39 is 17.8 Å². The molecule has 0 saturated carbocycles. The van der Waals surface area contributed by atoms with Crippen molar-refractivity contribution in [2.75, 3.05) is 13.2 Å². The summed E-state index contributed by atoms with van der Waals surface area (Å²) in [5.74, 6) is -0.182. The molecule has 3 aromatic rings. The van der Waals surface area contributed by atoms with Gasteiger partial charge in [-0.1, -0.05) is 0 Å². The maximum Gasteiger partial charge on any atom is 0.258 e. The largest absolute Gasteiger partial charge is 0.377 e. The average Bonchev–Trinajstić information content (AvgIpc) is 3.13. The number of aromatic nitrogens is 4. The summed E-state index contributed by atoms with van der Waals surface area (Å²) in [6, 6.07) is 6.64. The van der Waals surface area contributed by atoms with Crippen LogP contribution in [0.3, 0.4) is 0 Å². The van der Waals surface area contributed by atoms with Crippen LogP contribution in [0.5, 0.6) is 0 Å². The minimum atomic E-state index is -0.615. The van der Waals surface area contributed by atoms with Crippen LogP contribution in [-0.4, -0.2) is 49.8 Å². The van der Waals surface area contributed by atoms with E-state index in [-0.39, 0.29) is 29.7 Å². The lowest BCUT2D eigenvalue weighted by atomic mass is 10.0. The van der Waals surface area contributed by atoms with Crippen LogP contribution < -0.4 is 0 Å². The number of benzene rings is 1. The summed E-state index contributed by atoms with van der Waals surface area (Å²) in [5, 5.41) is 8.55. The Hall–Kier alpha value is -3.20. The summed E-state index contributed by atoms with van der Waals surface area (Å²) in [6.45, 7) is 2.50. The Balaban J connectivity index is 1.55. The number of carbonyl (C=O) groups is 1. The third kappa shape index (κ3) is 2.80. The Morgan fingerprint density at radius 3 is 2.72 bits per heavy atom. The number of hydrogen-bond donors (Lipinski definition) is 0. The zero-order valence-electron chi connectivity index (χ0n) is 15.5. The van der Waals surface area contributed by atoms with E-state index in [4.69, 9.17) is 4.74 Å². The van der Waals surface area contributed by atoms with Gasteiger partial charge in [0.1, 0.15) is 11.9 Å². The van der Waals surface area contributed by atoms with Gasteiger partial charge < -0.3 is 14.2 Å². The first-order chi connectivity index (χ1) is 14.0. The number of nitrogens with zero attached hydrogens (tertiary/aromatic N) is 5. The lowest BCUT2D eigenvalue weighted by Crippen LogP contribution is -2.56. The molecule has 1 saturated heterocycles. The predicted octanol–water partition coefficient (Wildman–Crippen LogP) is 2.52. The minimum Gasteiger partial charge on any atom is -0.377 e. The van der Waals surface area contributed by atoms with E-state index in [1.165, 1.54) is 31.3 Å². The molecule has 9 heteroatoms. The first-order valence-electron chi connectivity index (χ1n) is 9.25. The molecule has 0 unspecified atom stereocenters. The van der Waals surface area contributed by atoms with E-state index in [9.17, 15) is 13.6 Å². The second kappa shape index (κ2) is 6.70. The summed E-state index contributed by atoms with van der Waals surface area (Å²) < 4.78 is 35.4. The summed E-state index contributed by atoms with van der Waals surface area (Å²) in [5.41, 5.74) is 0.900. The molecule has 0 N–H and O–H groups in total. The maximum absolute atomic E-state index is 14.5. The van der Waals surface area contributed by atoms with Crippen LogP contribution in [0.25, 0.3) is 11.4 Å². The molecule has 4 heterocycles. The van der Waals surface area contributed by atoms with E-state index in [1.807, 2.05) is 4.57 Å². The van der Waals surface area contributed by atoms with Crippen molar-refractivity contribution >= 4 is 5.91 Å². The first-order valence-corrected chi connectivity index (χ1v) is 9.25. The fourth-order valence-electron chi connectivity index (χ4n) is 4.00. The number of morpholine rings is 1. The van der Waals surface area contributed by atoms with E-state index in [1.54, 1.807) is 17.0 Å². The third-order valence-corrected chi connectivity index (χ3v) is 5.42. The van der Waals surface area contributed by atoms with Gasteiger partial charge >= 0.3 is 0 Å². The van der Waals surface area contributed by atoms with E-state index in [2.05, 4.69) is 15.2 Å². The van der Waals surface area contributed by atoms with Gasteiger partial charge in [0.25, 0.3) is 5.91 Å². The molecule has 2 aliphatic rings. The van der Waals surface area contributed by atoms with E-state index in [0.29, 0.717) is 24.8 Å². The number of halogens is 2. The lowest BCUT2D eigenvalue weighted by molar-refractivity contribution is -0.0571. The molecular weight excluding hydrogens is 380 g/mol. The van der Waals surface area contributed by atoms with Crippen LogP contribution in [0.2, 0.25) is 0 Å². The van der Waals surface area contributed by atoms with Gasteiger partial charge in [-0.3, -0.25) is 9.78 Å². The molecule has 7 nitrogen and oxygen atoms in total. The maximum atomic E-state index is 14.5. The highest BCUT2D eigenvalue weighted by atomic mass is 19.1. The molecule has 1 amide bonds. The molecule has 0 spiro atoms. The van der Waals surface area contributed by atoms with Gasteiger partial charge in [-0.25, -0.2) is 8.78 Å². The highest BCUT2D eigenvalue weighted by Gasteiger charge is 2.44. The number of pyridine rings is 1. The smallest absolute Gasteiger partial charge is 0.258 e. The molecule has 1 aromatic carbocycles. The molecule has 2 aliphatic heterocycles. The van der Waals surface area contributed by atoms with Crippen molar-refractivity contribution in [1.29, 1.82) is 0 Å². The van der Waals surface area contributed by atoms with Crippen LogP contribution in [0.15, 0.2) is 36.5 Å². The van der Waals surface area contributed by atoms with Crippen molar-refractivity contribution in [2.24, 2.45) is 0 Å². The standard InChI is InChI=1S/C20H17F2N5O2/c1-11-17(22)15(6-7-23-11)20(28)27-14-8-26-18(12-2-4-13(21)5-3-12)24-25-19(26)16(27)10-29-9-14/h2-7,14,16H,8-10H2,1H3/t14-,16-/m1/s1. The second-order valence-electron chi connectivity index (χ2n) is 7.18. The van der Waals surface area contributed by atoms with Gasteiger partial charge in [0.05, 0.1) is 30.5 Å². The number of hydrogen-bond acceptors (Lipinski definition) is 5. The number of rotatable bonds is 2. The molecule has 0 radical (unpaired) electrons. The number of carbonyl (C=O) groups excluding carboxylic acids is 1. The van der Waals surface area contributed by atoms with Crippen molar-refractivity contribution in [3.8, 4) is 11.4 Å². The van der Waals surface area contributed by atoms with Crippen molar-refractivity contribution in [3.05, 3.63) is 65.2 Å². The van der Waals surface area contributed by atoms with Gasteiger partial charge in [0.2, 0.25) is 0 Å². The topological polar surface area (TPSA) is 73.1 Å². The first kappa shape index (κ1) is 17.9. The third-order valence-electron chi connectivity index (χ3n) is 5.42. The summed E-state index contributed by atoms with van der Waals surface area (Å²) in [6.07, 6.45) is 1.43. The van der Waals surface area contributed by atoms with Crippen LogP contribution in [0, 0.1) is 18.6 Å². The Kier molecular flexibility index (Phi) is 4.13. The summed E-state index contributed by atoms with van der Waals surface area (Å²) in [7, 11) is 0. The van der Waals surface area contributed by atoms with Crippen LogP contribution in [0.1, 0.15) is 27.9 Å². The van der Waals surface area contributed by atoms with E-state index >= 15 is 0 Å².